The molecule has 0 fully saturated rings. The number of carbonyl (C=O) groups excluding carboxylic acids is 1. The number of amides is 1. The van der Waals surface area contributed by atoms with Crippen LogP contribution in [0.2, 0.25) is 0 Å². The number of primary amides is 1. The number of rotatable bonds is 4. The van der Waals surface area contributed by atoms with E-state index >= 15 is 0 Å². The van der Waals surface area contributed by atoms with E-state index in [2.05, 4.69) is 0 Å². The van der Waals surface area contributed by atoms with Crippen molar-refractivity contribution in [3.05, 3.63) is 29.3 Å². The summed E-state index contributed by atoms with van der Waals surface area (Å²) in [6, 6.07) is 5.87. The van der Waals surface area contributed by atoms with Gasteiger partial charge in [-0.2, -0.15) is 0 Å². The highest BCUT2D eigenvalue weighted by molar-refractivity contribution is 5.84. The highest BCUT2D eigenvalue weighted by Gasteiger charge is 2.26. The molecular weight excluding hydrogens is 204 g/mol. The number of hydrogen-bond donors (Lipinski definition) is 2. The molecule has 0 heterocycles. The average molecular weight is 222 g/mol. The highest BCUT2D eigenvalue weighted by atomic mass is 16.5. The molecule has 0 aliphatic heterocycles. The first-order valence-corrected chi connectivity index (χ1v) is 5.12. The van der Waals surface area contributed by atoms with Crippen LogP contribution in [0.25, 0.3) is 0 Å². The summed E-state index contributed by atoms with van der Waals surface area (Å²) in [7, 11) is 0. The molecule has 1 unspecified atom stereocenters. The third kappa shape index (κ3) is 2.97. The van der Waals surface area contributed by atoms with Crippen molar-refractivity contribution in [2.24, 2.45) is 11.5 Å². The van der Waals surface area contributed by atoms with E-state index in [-0.39, 0.29) is 6.61 Å². The predicted octanol–water partition coefficient (Wildman–Crippen LogP) is 0.885. The van der Waals surface area contributed by atoms with Crippen molar-refractivity contribution in [3.8, 4) is 5.75 Å². The zero-order chi connectivity index (χ0) is 12.3. The first kappa shape index (κ1) is 12.5. The number of hydrogen-bond acceptors (Lipinski definition) is 3. The summed E-state index contributed by atoms with van der Waals surface area (Å²) in [6.07, 6.45) is 0. The van der Waals surface area contributed by atoms with Gasteiger partial charge < -0.3 is 16.2 Å². The van der Waals surface area contributed by atoms with Gasteiger partial charge in [0.2, 0.25) is 5.91 Å². The highest BCUT2D eigenvalue weighted by Crippen LogP contribution is 2.19. The summed E-state index contributed by atoms with van der Waals surface area (Å²) in [5.41, 5.74) is 11.8. The maximum atomic E-state index is 11.0. The van der Waals surface area contributed by atoms with Gasteiger partial charge in [-0.1, -0.05) is 12.1 Å². The molecule has 0 saturated carbocycles. The Balaban J connectivity index is 2.75. The minimum atomic E-state index is -1.14. The Morgan fingerprint density at radius 1 is 1.44 bits per heavy atom. The van der Waals surface area contributed by atoms with Gasteiger partial charge in [0.15, 0.2) is 0 Å². The molecule has 0 spiro atoms. The largest absolute Gasteiger partial charge is 0.491 e. The molecule has 4 heteroatoms. The average Bonchev–Trinajstić information content (AvgIpc) is 2.19. The molecule has 1 atom stereocenters. The van der Waals surface area contributed by atoms with Gasteiger partial charge in [0, 0.05) is 0 Å². The van der Waals surface area contributed by atoms with E-state index in [9.17, 15) is 4.79 Å². The summed E-state index contributed by atoms with van der Waals surface area (Å²) >= 11 is 0. The van der Waals surface area contributed by atoms with Crippen molar-refractivity contribution in [1.82, 2.24) is 0 Å². The molecule has 0 bridgehead atoms. The van der Waals surface area contributed by atoms with E-state index in [1.54, 1.807) is 6.92 Å². The smallest absolute Gasteiger partial charge is 0.240 e. The summed E-state index contributed by atoms with van der Waals surface area (Å²) < 4.78 is 5.52. The van der Waals surface area contributed by atoms with Crippen LogP contribution in [-0.4, -0.2) is 18.1 Å². The Morgan fingerprint density at radius 2 is 2.06 bits per heavy atom. The molecule has 4 nitrogen and oxygen atoms in total. The van der Waals surface area contributed by atoms with Crippen LogP contribution in [0.4, 0.5) is 0 Å². The minimum absolute atomic E-state index is 0.0760. The standard InChI is InChI=1S/C12H18N2O2/c1-8-4-5-9(2)10(6-8)16-7-12(3,14)11(13)15/h4-6H,7,14H2,1-3H3,(H2,13,15). The van der Waals surface area contributed by atoms with Crippen molar-refractivity contribution in [3.63, 3.8) is 0 Å². The summed E-state index contributed by atoms with van der Waals surface area (Å²) in [4.78, 5) is 11.0. The van der Waals surface area contributed by atoms with Crippen LogP contribution >= 0.6 is 0 Å². The Bertz CT molecular complexity index is 400. The van der Waals surface area contributed by atoms with Crippen molar-refractivity contribution in [1.29, 1.82) is 0 Å². The van der Waals surface area contributed by atoms with E-state index in [0.29, 0.717) is 0 Å². The molecule has 16 heavy (non-hydrogen) atoms. The van der Waals surface area contributed by atoms with Crippen molar-refractivity contribution in [2.45, 2.75) is 26.3 Å². The SMILES string of the molecule is Cc1ccc(C)c(OCC(C)(N)C(N)=O)c1. The fourth-order valence-electron chi connectivity index (χ4n) is 1.16. The van der Waals surface area contributed by atoms with Crippen molar-refractivity contribution >= 4 is 5.91 Å². The van der Waals surface area contributed by atoms with Gasteiger partial charge in [0.25, 0.3) is 0 Å². The molecule has 0 saturated heterocycles. The van der Waals surface area contributed by atoms with Gasteiger partial charge in [-0.3, -0.25) is 4.79 Å². The molecule has 4 N–H and O–H groups in total. The maximum Gasteiger partial charge on any atom is 0.240 e. The zero-order valence-corrected chi connectivity index (χ0v) is 9.91. The van der Waals surface area contributed by atoms with E-state index < -0.39 is 11.4 Å². The predicted molar refractivity (Wildman–Crippen MR) is 63.2 cm³/mol. The Hall–Kier alpha value is -1.55. The van der Waals surface area contributed by atoms with Gasteiger partial charge in [-0.05, 0) is 38.0 Å². The lowest BCUT2D eigenvalue weighted by Crippen LogP contribution is -2.53. The fraction of sp³-hybridized carbons (Fsp3) is 0.417. The van der Waals surface area contributed by atoms with E-state index in [0.717, 1.165) is 16.9 Å². The van der Waals surface area contributed by atoms with Gasteiger partial charge >= 0.3 is 0 Å². The van der Waals surface area contributed by atoms with Crippen LogP contribution in [0.5, 0.6) is 5.75 Å². The monoisotopic (exact) mass is 222 g/mol. The number of ether oxygens (including phenoxy) is 1. The number of aryl methyl sites for hydroxylation is 2. The first-order chi connectivity index (χ1) is 7.33. The molecule has 1 rings (SSSR count). The van der Waals surface area contributed by atoms with Gasteiger partial charge in [0.05, 0.1) is 0 Å². The lowest BCUT2D eigenvalue weighted by atomic mass is 10.1. The summed E-state index contributed by atoms with van der Waals surface area (Å²) in [5.74, 6) is 0.163. The molecule has 88 valence electrons. The molecule has 0 aliphatic carbocycles. The van der Waals surface area contributed by atoms with Crippen LogP contribution in [0.15, 0.2) is 18.2 Å². The van der Waals surface area contributed by atoms with E-state index in [1.165, 1.54) is 0 Å². The summed E-state index contributed by atoms with van der Waals surface area (Å²) in [6.45, 7) is 5.54. The van der Waals surface area contributed by atoms with Crippen LogP contribution in [0, 0.1) is 13.8 Å². The summed E-state index contributed by atoms with van der Waals surface area (Å²) in [5, 5.41) is 0. The second-order valence-corrected chi connectivity index (χ2v) is 4.34. The Labute approximate surface area is 95.6 Å². The minimum Gasteiger partial charge on any atom is -0.491 e. The van der Waals surface area contributed by atoms with Crippen LogP contribution in [0.1, 0.15) is 18.1 Å². The van der Waals surface area contributed by atoms with Crippen molar-refractivity contribution in [2.75, 3.05) is 6.61 Å². The van der Waals surface area contributed by atoms with E-state index in [4.69, 9.17) is 16.2 Å². The van der Waals surface area contributed by atoms with Crippen LogP contribution < -0.4 is 16.2 Å². The molecule has 0 radical (unpaired) electrons. The Kier molecular flexibility index (Phi) is 3.55. The third-order valence-electron chi connectivity index (χ3n) is 2.43. The molecule has 0 aromatic heterocycles. The molecule has 1 aromatic rings. The molecule has 1 aromatic carbocycles. The normalized spacial score (nSPS) is 14.2. The topological polar surface area (TPSA) is 78.3 Å². The van der Waals surface area contributed by atoms with Crippen LogP contribution in [-0.2, 0) is 4.79 Å². The van der Waals surface area contributed by atoms with Gasteiger partial charge in [-0.15, -0.1) is 0 Å². The number of carbonyl (C=O) groups is 1. The number of benzene rings is 1. The Morgan fingerprint density at radius 3 is 2.62 bits per heavy atom. The molecule has 1 amide bonds. The quantitative estimate of drug-likeness (QED) is 0.794. The lowest BCUT2D eigenvalue weighted by Gasteiger charge is -2.21. The third-order valence-corrected chi connectivity index (χ3v) is 2.43. The second kappa shape index (κ2) is 4.53. The van der Waals surface area contributed by atoms with Crippen LogP contribution in [0.3, 0.4) is 0 Å². The van der Waals surface area contributed by atoms with Gasteiger partial charge in [0.1, 0.15) is 17.9 Å². The van der Waals surface area contributed by atoms with E-state index in [1.807, 2.05) is 32.0 Å². The molecular formula is C12H18N2O2. The fourth-order valence-corrected chi connectivity index (χ4v) is 1.16. The lowest BCUT2D eigenvalue weighted by molar-refractivity contribution is -0.123. The number of nitrogens with two attached hydrogens (primary N) is 2. The first-order valence-electron chi connectivity index (χ1n) is 5.12. The maximum absolute atomic E-state index is 11.0. The zero-order valence-electron chi connectivity index (χ0n) is 9.91. The second-order valence-electron chi connectivity index (χ2n) is 4.34. The molecule has 0 aliphatic rings. The van der Waals surface area contributed by atoms with Crippen molar-refractivity contribution < 1.29 is 9.53 Å². The van der Waals surface area contributed by atoms with Gasteiger partial charge in [-0.25, -0.2) is 0 Å².